The number of hydrogen-bond acceptors (Lipinski definition) is 9. The van der Waals surface area contributed by atoms with E-state index in [2.05, 4.69) is 25.4 Å². The Morgan fingerprint density at radius 1 is 1.08 bits per heavy atom. The molecule has 0 saturated carbocycles. The summed E-state index contributed by atoms with van der Waals surface area (Å²) in [5, 5.41) is 7.34. The lowest BCUT2D eigenvalue weighted by molar-refractivity contribution is -0.144. The minimum Gasteiger partial charge on any atom is -0.469 e. The molecule has 0 aliphatic carbocycles. The van der Waals surface area contributed by atoms with Crippen LogP contribution in [0.3, 0.4) is 0 Å². The number of thioether (sulfide) groups is 1. The molecule has 1 heterocycles. The summed E-state index contributed by atoms with van der Waals surface area (Å²) in [6.45, 7) is 0.260. The number of ether oxygens (including phenoxy) is 2. The van der Waals surface area contributed by atoms with E-state index in [0.29, 0.717) is 10.5 Å². The zero-order chi connectivity index (χ0) is 26.9. The summed E-state index contributed by atoms with van der Waals surface area (Å²) in [7, 11) is 2.34. The number of methoxy groups -OCH3 is 2. The number of carbonyl (C=O) groups is 5. The SMILES string of the molecule is COC(=O)CC[C@@H](NC(=O)c1cc(CNc2ccc(/C=C3\SC(=O)NC3=O)cc2)ccc1F)C(=O)OC. The predicted molar refractivity (Wildman–Crippen MR) is 134 cm³/mol. The van der Waals surface area contributed by atoms with Gasteiger partial charge in [0.1, 0.15) is 11.9 Å². The fourth-order valence-corrected chi connectivity index (χ4v) is 4.00. The highest BCUT2D eigenvalue weighted by atomic mass is 32.2. The number of carbonyl (C=O) groups excluding carboxylic acids is 5. The topological polar surface area (TPSA) is 140 Å². The van der Waals surface area contributed by atoms with Crippen LogP contribution >= 0.6 is 11.8 Å². The van der Waals surface area contributed by atoms with E-state index in [0.717, 1.165) is 36.2 Å². The molecule has 2 aromatic rings. The lowest BCUT2D eigenvalue weighted by Crippen LogP contribution is -2.42. The van der Waals surface area contributed by atoms with Gasteiger partial charge in [0.05, 0.1) is 24.7 Å². The van der Waals surface area contributed by atoms with E-state index in [1.165, 1.54) is 19.2 Å². The Kier molecular flexibility index (Phi) is 9.39. The molecular formula is C25H24FN3O7S. The fraction of sp³-hybridized carbons (Fsp3) is 0.240. The molecule has 10 nitrogen and oxygen atoms in total. The molecule has 0 spiro atoms. The van der Waals surface area contributed by atoms with Gasteiger partial charge in [-0.25, -0.2) is 9.18 Å². The normalized spacial score (nSPS) is 14.6. The van der Waals surface area contributed by atoms with Crippen LogP contribution in [-0.2, 0) is 30.4 Å². The van der Waals surface area contributed by atoms with Gasteiger partial charge in [-0.05, 0) is 59.7 Å². The summed E-state index contributed by atoms with van der Waals surface area (Å²) in [5.41, 5.74) is 1.78. The highest BCUT2D eigenvalue weighted by molar-refractivity contribution is 8.18. The second kappa shape index (κ2) is 12.7. The van der Waals surface area contributed by atoms with Gasteiger partial charge in [0.2, 0.25) is 0 Å². The Hall–Kier alpha value is -4.19. The summed E-state index contributed by atoms with van der Waals surface area (Å²) in [5.74, 6) is -3.38. The van der Waals surface area contributed by atoms with Crippen molar-refractivity contribution in [2.75, 3.05) is 19.5 Å². The van der Waals surface area contributed by atoms with E-state index in [4.69, 9.17) is 0 Å². The van der Waals surface area contributed by atoms with Gasteiger partial charge in [-0.3, -0.25) is 24.5 Å². The van der Waals surface area contributed by atoms with Gasteiger partial charge in [0.25, 0.3) is 17.1 Å². The maximum absolute atomic E-state index is 14.4. The van der Waals surface area contributed by atoms with Gasteiger partial charge in [-0.15, -0.1) is 0 Å². The van der Waals surface area contributed by atoms with E-state index in [9.17, 15) is 28.4 Å². The van der Waals surface area contributed by atoms with Crippen LogP contribution in [0.4, 0.5) is 14.9 Å². The Bertz CT molecular complexity index is 1250. The highest BCUT2D eigenvalue weighted by Gasteiger charge is 2.26. The Morgan fingerprint density at radius 3 is 2.43 bits per heavy atom. The molecule has 37 heavy (non-hydrogen) atoms. The van der Waals surface area contributed by atoms with Gasteiger partial charge in [0.15, 0.2) is 0 Å². The molecule has 0 bridgehead atoms. The monoisotopic (exact) mass is 529 g/mol. The van der Waals surface area contributed by atoms with Crippen molar-refractivity contribution < 1.29 is 37.8 Å². The molecule has 3 N–H and O–H groups in total. The number of rotatable bonds is 10. The van der Waals surface area contributed by atoms with Crippen molar-refractivity contribution >= 4 is 52.5 Å². The standard InChI is InChI=1S/C25H24FN3O7S/c1-35-21(30)10-9-19(24(33)36-2)28-22(31)17-11-15(5-8-18(17)26)13-27-16-6-3-14(4-7-16)12-20-23(32)29-25(34)37-20/h3-8,11-12,19,27H,9-10,13H2,1-2H3,(H,28,31)(H,29,32,34)/b20-12-/t19-/m1/s1. The molecule has 3 amide bonds. The zero-order valence-corrected chi connectivity index (χ0v) is 20.8. The van der Waals surface area contributed by atoms with Crippen molar-refractivity contribution in [2.24, 2.45) is 0 Å². The first kappa shape index (κ1) is 27.4. The van der Waals surface area contributed by atoms with Crippen LogP contribution in [0, 0.1) is 5.82 Å². The quantitative estimate of drug-likeness (QED) is 0.313. The minimum absolute atomic E-state index is 0.0692. The first-order chi connectivity index (χ1) is 17.7. The van der Waals surface area contributed by atoms with Gasteiger partial charge < -0.3 is 20.1 Å². The molecule has 1 aliphatic rings. The van der Waals surface area contributed by atoms with Crippen LogP contribution in [-0.4, -0.2) is 49.3 Å². The minimum atomic E-state index is -1.15. The molecule has 1 fully saturated rings. The van der Waals surface area contributed by atoms with Crippen molar-refractivity contribution in [1.82, 2.24) is 10.6 Å². The predicted octanol–water partition coefficient (Wildman–Crippen LogP) is 2.99. The highest BCUT2D eigenvalue weighted by Crippen LogP contribution is 2.26. The van der Waals surface area contributed by atoms with Crippen molar-refractivity contribution in [3.63, 3.8) is 0 Å². The molecule has 194 valence electrons. The Morgan fingerprint density at radius 2 is 1.81 bits per heavy atom. The van der Waals surface area contributed by atoms with E-state index < -0.39 is 40.9 Å². The van der Waals surface area contributed by atoms with Gasteiger partial charge in [-0.1, -0.05) is 18.2 Å². The van der Waals surface area contributed by atoms with Crippen molar-refractivity contribution in [1.29, 1.82) is 0 Å². The molecule has 1 atom stereocenters. The molecule has 0 unspecified atom stereocenters. The van der Waals surface area contributed by atoms with Crippen LogP contribution < -0.4 is 16.0 Å². The van der Waals surface area contributed by atoms with Gasteiger partial charge >= 0.3 is 11.9 Å². The summed E-state index contributed by atoms with van der Waals surface area (Å²) >= 11 is 0.833. The molecule has 0 radical (unpaired) electrons. The van der Waals surface area contributed by atoms with Crippen LogP contribution in [0.1, 0.15) is 34.3 Å². The third-order valence-electron chi connectivity index (χ3n) is 5.28. The number of nitrogens with one attached hydrogen (secondary N) is 3. The second-order valence-corrected chi connectivity index (χ2v) is 8.82. The van der Waals surface area contributed by atoms with Crippen LogP contribution in [0.5, 0.6) is 0 Å². The summed E-state index contributed by atoms with van der Waals surface area (Å²) in [6.07, 6.45) is 1.40. The second-order valence-electron chi connectivity index (χ2n) is 7.81. The third-order valence-corrected chi connectivity index (χ3v) is 6.09. The average molecular weight is 530 g/mol. The van der Waals surface area contributed by atoms with Crippen molar-refractivity contribution in [2.45, 2.75) is 25.4 Å². The summed E-state index contributed by atoms with van der Waals surface area (Å²) in [4.78, 5) is 59.4. The third kappa shape index (κ3) is 7.64. The van der Waals surface area contributed by atoms with Crippen LogP contribution in [0.2, 0.25) is 0 Å². The van der Waals surface area contributed by atoms with Crippen molar-refractivity contribution in [3.8, 4) is 0 Å². The molecular weight excluding hydrogens is 505 g/mol. The molecule has 3 rings (SSSR count). The number of amides is 3. The fourth-order valence-electron chi connectivity index (χ4n) is 3.32. The van der Waals surface area contributed by atoms with Crippen LogP contribution in [0.25, 0.3) is 6.08 Å². The molecule has 2 aromatic carbocycles. The maximum Gasteiger partial charge on any atom is 0.328 e. The first-order valence-corrected chi connectivity index (χ1v) is 11.8. The molecule has 12 heteroatoms. The lowest BCUT2D eigenvalue weighted by atomic mass is 10.1. The molecule has 1 aliphatic heterocycles. The Labute approximate surface area is 216 Å². The number of benzene rings is 2. The maximum atomic E-state index is 14.4. The van der Waals surface area contributed by atoms with E-state index >= 15 is 0 Å². The largest absolute Gasteiger partial charge is 0.469 e. The zero-order valence-electron chi connectivity index (χ0n) is 20.0. The first-order valence-electron chi connectivity index (χ1n) is 11.0. The van der Waals surface area contributed by atoms with Crippen molar-refractivity contribution in [3.05, 3.63) is 69.9 Å². The van der Waals surface area contributed by atoms with E-state index in [1.807, 2.05) is 0 Å². The van der Waals surface area contributed by atoms with E-state index in [1.54, 1.807) is 30.3 Å². The van der Waals surface area contributed by atoms with Crippen LogP contribution in [0.15, 0.2) is 47.4 Å². The molecule has 0 aromatic heterocycles. The summed E-state index contributed by atoms with van der Waals surface area (Å²) < 4.78 is 23.6. The number of imide groups is 1. The average Bonchev–Trinajstić information content (AvgIpc) is 3.21. The number of esters is 2. The number of hydrogen-bond donors (Lipinski definition) is 3. The summed E-state index contributed by atoms with van der Waals surface area (Å²) in [6, 6.07) is 9.93. The number of anilines is 1. The molecule has 1 saturated heterocycles. The Balaban J connectivity index is 1.64. The van der Waals surface area contributed by atoms with E-state index in [-0.39, 0.29) is 24.9 Å². The van der Waals surface area contributed by atoms with Gasteiger partial charge in [0, 0.05) is 18.7 Å². The number of halogens is 1. The lowest BCUT2D eigenvalue weighted by Gasteiger charge is -2.16. The van der Waals surface area contributed by atoms with Gasteiger partial charge in [-0.2, -0.15) is 0 Å². The smallest absolute Gasteiger partial charge is 0.328 e.